The summed E-state index contributed by atoms with van der Waals surface area (Å²) in [7, 11) is 0. The van der Waals surface area contributed by atoms with Crippen LogP contribution in [0, 0.1) is 0 Å². The van der Waals surface area contributed by atoms with Gasteiger partial charge in [-0.05, 0) is 0 Å². The molecule has 0 aromatic heterocycles. The SMILES string of the molecule is O=C(O)CCO[C@@H]1OC(CO)[C@@H](O[C@@H]2OC(CO)[C@H](O)C(O)C2O)C(O)C1O. The Kier molecular flexibility index (Phi) is 8.47. The van der Waals surface area contributed by atoms with Gasteiger partial charge >= 0.3 is 5.97 Å². The molecule has 2 saturated heterocycles. The molecule has 0 aliphatic carbocycles. The van der Waals surface area contributed by atoms with Crippen LogP contribution in [0.5, 0.6) is 0 Å². The monoisotopic (exact) mass is 414 g/mol. The molecule has 0 amide bonds. The molecule has 2 heterocycles. The van der Waals surface area contributed by atoms with Crippen molar-refractivity contribution in [2.75, 3.05) is 19.8 Å². The third kappa shape index (κ3) is 5.14. The molecule has 0 aromatic rings. The van der Waals surface area contributed by atoms with Crippen LogP contribution in [0.2, 0.25) is 0 Å². The molecule has 13 heteroatoms. The lowest BCUT2D eigenvalue weighted by molar-refractivity contribution is -0.359. The predicted molar refractivity (Wildman–Crippen MR) is 84.6 cm³/mol. The van der Waals surface area contributed by atoms with Gasteiger partial charge in [-0.15, -0.1) is 0 Å². The van der Waals surface area contributed by atoms with E-state index in [4.69, 9.17) is 24.1 Å². The molecule has 0 spiro atoms. The van der Waals surface area contributed by atoms with Crippen LogP contribution in [0.4, 0.5) is 0 Å². The maximum atomic E-state index is 10.5. The van der Waals surface area contributed by atoms with Gasteiger partial charge in [0.25, 0.3) is 0 Å². The fraction of sp³-hybridized carbons (Fsp3) is 0.933. The molecule has 28 heavy (non-hydrogen) atoms. The zero-order valence-electron chi connectivity index (χ0n) is 14.7. The predicted octanol–water partition coefficient (Wildman–Crippen LogP) is -4.90. The van der Waals surface area contributed by atoms with E-state index in [1.807, 2.05) is 0 Å². The van der Waals surface area contributed by atoms with Crippen molar-refractivity contribution < 1.29 is 64.6 Å². The van der Waals surface area contributed by atoms with Crippen LogP contribution in [0.3, 0.4) is 0 Å². The molecule has 13 nitrogen and oxygen atoms in total. The van der Waals surface area contributed by atoms with E-state index >= 15 is 0 Å². The van der Waals surface area contributed by atoms with Crippen LogP contribution in [0.1, 0.15) is 6.42 Å². The van der Waals surface area contributed by atoms with Crippen molar-refractivity contribution in [3.8, 4) is 0 Å². The van der Waals surface area contributed by atoms with Crippen molar-refractivity contribution in [1.29, 1.82) is 0 Å². The van der Waals surface area contributed by atoms with Gasteiger partial charge < -0.3 is 59.8 Å². The molecule has 164 valence electrons. The van der Waals surface area contributed by atoms with E-state index in [2.05, 4.69) is 0 Å². The molecule has 2 rings (SSSR count). The van der Waals surface area contributed by atoms with Gasteiger partial charge in [0.05, 0.1) is 26.2 Å². The molecular formula is C15H26O13. The maximum Gasteiger partial charge on any atom is 0.305 e. The molecule has 0 radical (unpaired) electrons. The first-order chi connectivity index (χ1) is 13.2. The van der Waals surface area contributed by atoms with E-state index in [1.54, 1.807) is 0 Å². The first-order valence-electron chi connectivity index (χ1n) is 8.63. The third-order valence-corrected chi connectivity index (χ3v) is 4.56. The first-order valence-corrected chi connectivity index (χ1v) is 8.63. The minimum atomic E-state index is -1.76. The summed E-state index contributed by atoms with van der Waals surface area (Å²) in [4.78, 5) is 10.5. The highest BCUT2D eigenvalue weighted by Gasteiger charge is 2.50. The molecular weight excluding hydrogens is 388 g/mol. The van der Waals surface area contributed by atoms with E-state index in [-0.39, 0.29) is 13.0 Å². The van der Waals surface area contributed by atoms with Gasteiger partial charge in [0.15, 0.2) is 12.6 Å². The van der Waals surface area contributed by atoms with Crippen molar-refractivity contribution in [1.82, 2.24) is 0 Å². The Bertz CT molecular complexity index is 500. The molecule has 2 aliphatic heterocycles. The van der Waals surface area contributed by atoms with Gasteiger partial charge in [-0.1, -0.05) is 0 Å². The Labute approximate surface area is 159 Å². The van der Waals surface area contributed by atoms with Crippen LogP contribution in [-0.2, 0) is 23.7 Å². The molecule has 2 aliphatic rings. The second-order valence-corrected chi connectivity index (χ2v) is 6.52. The number of carboxylic acid groups (broad SMARTS) is 1. The highest BCUT2D eigenvalue weighted by Crippen LogP contribution is 2.29. The second-order valence-electron chi connectivity index (χ2n) is 6.52. The van der Waals surface area contributed by atoms with E-state index in [9.17, 15) is 40.5 Å². The van der Waals surface area contributed by atoms with Crippen molar-refractivity contribution >= 4 is 5.97 Å². The second kappa shape index (κ2) is 10.2. The molecule has 6 unspecified atom stereocenters. The normalized spacial score (nSPS) is 44.4. The topological polar surface area (TPSA) is 216 Å². The van der Waals surface area contributed by atoms with Crippen LogP contribution >= 0.6 is 0 Å². The Hall–Kier alpha value is -0.970. The van der Waals surface area contributed by atoms with Gasteiger partial charge in [-0.2, -0.15) is 0 Å². The van der Waals surface area contributed by atoms with Crippen molar-refractivity contribution in [2.24, 2.45) is 0 Å². The number of hydrogen-bond acceptors (Lipinski definition) is 12. The van der Waals surface area contributed by atoms with Gasteiger partial charge in [-0.25, -0.2) is 0 Å². The number of ether oxygens (including phenoxy) is 4. The number of aliphatic hydroxyl groups is 7. The third-order valence-electron chi connectivity index (χ3n) is 4.56. The first kappa shape index (κ1) is 23.3. The minimum absolute atomic E-state index is 0.319. The van der Waals surface area contributed by atoms with Crippen molar-refractivity contribution in [3.63, 3.8) is 0 Å². The van der Waals surface area contributed by atoms with E-state index < -0.39 is 80.6 Å². The van der Waals surface area contributed by atoms with Gasteiger partial charge in [0, 0.05) is 0 Å². The van der Waals surface area contributed by atoms with Gasteiger partial charge in [0.1, 0.15) is 48.8 Å². The summed E-state index contributed by atoms with van der Waals surface area (Å²) in [5.74, 6) is -1.15. The van der Waals surface area contributed by atoms with E-state index in [1.165, 1.54) is 0 Å². The van der Waals surface area contributed by atoms with Gasteiger partial charge in [0.2, 0.25) is 0 Å². The fourth-order valence-electron chi connectivity index (χ4n) is 2.96. The lowest BCUT2D eigenvalue weighted by Crippen LogP contribution is -2.64. The molecule has 2 fully saturated rings. The average Bonchev–Trinajstić information content (AvgIpc) is 2.66. The summed E-state index contributed by atoms with van der Waals surface area (Å²) >= 11 is 0. The molecule has 0 aromatic carbocycles. The molecule has 10 atom stereocenters. The summed E-state index contributed by atoms with van der Waals surface area (Å²) in [6.07, 6.45) is -15.9. The van der Waals surface area contributed by atoms with E-state index in [0.29, 0.717) is 0 Å². The van der Waals surface area contributed by atoms with Crippen LogP contribution < -0.4 is 0 Å². The van der Waals surface area contributed by atoms with Crippen LogP contribution in [-0.4, -0.2) is 128 Å². The zero-order valence-corrected chi connectivity index (χ0v) is 14.7. The number of aliphatic hydroxyl groups excluding tert-OH is 7. The zero-order chi connectivity index (χ0) is 21.0. The van der Waals surface area contributed by atoms with Gasteiger partial charge in [-0.3, -0.25) is 4.79 Å². The number of carboxylic acids is 1. The number of carbonyl (C=O) groups is 1. The highest BCUT2D eigenvalue weighted by atomic mass is 16.7. The Morgan fingerprint density at radius 3 is 1.93 bits per heavy atom. The summed E-state index contributed by atoms with van der Waals surface area (Å²) in [5, 5.41) is 77.3. The average molecular weight is 414 g/mol. The van der Waals surface area contributed by atoms with E-state index in [0.717, 1.165) is 0 Å². The number of hydrogen-bond donors (Lipinski definition) is 8. The summed E-state index contributed by atoms with van der Waals surface area (Å²) in [5.41, 5.74) is 0. The molecule has 0 bridgehead atoms. The standard InChI is InChI=1S/C15H26O13/c16-3-5-8(20)9(21)11(23)15(26-5)28-13-6(4-17)27-14(12(24)10(13)22)25-2-1-7(18)19/h5-6,8-17,20-24H,1-4H2,(H,18,19)/t5?,6?,8-,9?,10?,11?,12?,13+,14+,15-/m0/s1. The highest BCUT2D eigenvalue weighted by molar-refractivity contribution is 5.66. The summed E-state index contributed by atoms with van der Waals surface area (Å²) in [6.45, 7) is -1.72. The lowest BCUT2D eigenvalue weighted by Gasteiger charge is -2.45. The van der Waals surface area contributed by atoms with Crippen molar-refractivity contribution in [3.05, 3.63) is 0 Å². The van der Waals surface area contributed by atoms with Crippen LogP contribution in [0.15, 0.2) is 0 Å². The maximum absolute atomic E-state index is 10.5. The molecule has 8 N–H and O–H groups in total. The minimum Gasteiger partial charge on any atom is -0.481 e. The Morgan fingerprint density at radius 1 is 0.786 bits per heavy atom. The lowest BCUT2D eigenvalue weighted by atomic mass is 9.97. The summed E-state index contributed by atoms with van der Waals surface area (Å²) in [6, 6.07) is 0. The van der Waals surface area contributed by atoms with Crippen LogP contribution in [0.25, 0.3) is 0 Å². The Morgan fingerprint density at radius 2 is 1.36 bits per heavy atom. The fourth-order valence-corrected chi connectivity index (χ4v) is 2.96. The Balaban J connectivity index is 2.05. The largest absolute Gasteiger partial charge is 0.481 e. The smallest absolute Gasteiger partial charge is 0.305 e. The quantitative estimate of drug-likeness (QED) is 0.187. The number of aliphatic carboxylic acids is 1. The molecule has 0 saturated carbocycles. The number of rotatable bonds is 8. The summed E-state index contributed by atoms with van der Waals surface area (Å²) < 4.78 is 20.9. The van der Waals surface area contributed by atoms with Crippen molar-refractivity contribution in [2.45, 2.75) is 67.8 Å².